The largest absolute Gasteiger partial charge is 0.463 e. The van der Waals surface area contributed by atoms with Crippen LogP contribution in [0.2, 0.25) is 64.5 Å². The van der Waals surface area contributed by atoms with Gasteiger partial charge in [-0.3, -0.25) is 4.79 Å². The lowest BCUT2D eigenvalue weighted by atomic mass is 10.4. The summed E-state index contributed by atoms with van der Waals surface area (Å²) in [6.07, 6.45) is 3.15. The van der Waals surface area contributed by atoms with Crippen LogP contribution >= 0.6 is 0 Å². The van der Waals surface area contributed by atoms with Gasteiger partial charge in [0, 0.05) is 13.5 Å². The third-order valence-electron chi connectivity index (χ3n) is 3.91. The van der Waals surface area contributed by atoms with Crippen LogP contribution in [0.3, 0.4) is 0 Å². The molecule has 0 heterocycles. The zero-order chi connectivity index (χ0) is 22.8. The second kappa shape index (κ2) is 12.9. The summed E-state index contributed by atoms with van der Waals surface area (Å²) in [5.74, 6) is -0.274. The molecule has 0 saturated carbocycles. The average Bonchev–Trinajstić information content (AvgIpc) is 2.47. The third kappa shape index (κ3) is 16.5. The number of esters is 1. The summed E-state index contributed by atoms with van der Waals surface area (Å²) in [5.41, 5.74) is 0. The minimum Gasteiger partial charge on any atom is -0.463 e. The summed E-state index contributed by atoms with van der Waals surface area (Å²) >= 11 is 0. The van der Waals surface area contributed by atoms with Gasteiger partial charge in [0.25, 0.3) is 0 Å². The highest BCUT2D eigenvalue weighted by atomic mass is 28.5. The molecule has 0 aromatic carbocycles. The molecule has 0 amide bonds. The van der Waals surface area contributed by atoms with Crippen molar-refractivity contribution in [3.8, 4) is 0 Å². The molecule has 2 unspecified atom stereocenters. The molecule has 174 valence electrons. The van der Waals surface area contributed by atoms with Gasteiger partial charge < -0.3 is 21.8 Å². The van der Waals surface area contributed by atoms with E-state index in [1.54, 1.807) is 0 Å². The summed E-state index contributed by atoms with van der Waals surface area (Å²) in [7, 11) is -8.19. The Morgan fingerprint density at radius 1 is 0.690 bits per heavy atom. The van der Waals surface area contributed by atoms with E-state index in [1.165, 1.54) is 6.92 Å². The van der Waals surface area contributed by atoms with Gasteiger partial charge >= 0.3 is 23.1 Å². The number of carbonyl (C=O) groups is 1. The second-order valence-corrected chi connectivity index (χ2v) is 26.4. The van der Waals surface area contributed by atoms with Crippen LogP contribution in [0.5, 0.6) is 0 Å². The van der Waals surface area contributed by atoms with Crippen LogP contribution in [-0.4, -0.2) is 59.5 Å². The number of carbonyl (C=O) groups excluding carboxylic acids is 1. The molecule has 0 fully saturated rings. The van der Waals surface area contributed by atoms with Crippen molar-refractivity contribution in [1.29, 1.82) is 0 Å². The zero-order valence-corrected chi connectivity index (χ0v) is 24.6. The maximum Gasteiger partial charge on any atom is 0.315 e. The van der Waals surface area contributed by atoms with E-state index in [2.05, 4.69) is 59.3 Å². The van der Waals surface area contributed by atoms with E-state index in [0.29, 0.717) is 19.8 Å². The Labute approximate surface area is 183 Å². The highest BCUT2D eigenvalue weighted by molar-refractivity contribution is 6.89. The molecule has 0 N–H and O–H groups in total. The predicted molar refractivity (Wildman–Crippen MR) is 130 cm³/mol. The molecule has 0 radical (unpaired) electrons. The van der Waals surface area contributed by atoms with Gasteiger partial charge in [0.15, 0.2) is 16.6 Å². The summed E-state index contributed by atoms with van der Waals surface area (Å²) < 4.78 is 30.8. The summed E-state index contributed by atoms with van der Waals surface area (Å²) in [5, 5.41) is 0. The fourth-order valence-corrected chi connectivity index (χ4v) is 21.9. The maximum absolute atomic E-state index is 10.8. The van der Waals surface area contributed by atoms with Crippen molar-refractivity contribution < 1.29 is 26.6 Å². The van der Waals surface area contributed by atoms with Gasteiger partial charge in [-0.25, -0.2) is 0 Å². The number of ether oxygens (including phenoxy) is 2. The third-order valence-corrected chi connectivity index (χ3v) is 18.2. The molecule has 29 heavy (non-hydrogen) atoms. The minimum absolute atomic E-state index is 0.274. The minimum atomic E-state index is -2.40. The van der Waals surface area contributed by atoms with E-state index >= 15 is 0 Å². The topological polar surface area (TPSA) is 63.2 Å². The Morgan fingerprint density at radius 3 is 1.59 bits per heavy atom. The summed E-state index contributed by atoms with van der Waals surface area (Å²) in [4.78, 5) is 10.8. The fourth-order valence-electron chi connectivity index (χ4n) is 3.34. The Kier molecular flexibility index (Phi) is 13.0. The smallest absolute Gasteiger partial charge is 0.315 e. The molecule has 0 saturated heterocycles. The van der Waals surface area contributed by atoms with E-state index < -0.39 is 33.8 Å². The Morgan fingerprint density at radius 2 is 1.17 bits per heavy atom. The van der Waals surface area contributed by atoms with Gasteiger partial charge in [0.2, 0.25) is 0 Å². The predicted octanol–water partition coefficient (Wildman–Crippen LogP) is 5.62. The van der Waals surface area contributed by atoms with Crippen LogP contribution in [0, 0.1) is 0 Å². The first-order valence-electron chi connectivity index (χ1n) is 10.9. The second-order valence-electron chi connectivity index (χ2n) is 9.96. The number of hydrogen-bond acceptors (Lipinski definition) is 6. The Bertz CT molecular complexity index is 480. The molecular formula is C19H46O6Si4. The standard InChI is InChI=1S/C19H46O6Si4/c1-11-12-17-28(9,23-26(3,4)5)25-29(10,24-27(6,7)8)18-13-14-21-15-16-22-19(2)20/h11-18H2,1-10H3. The Balaban J connectivity index is 5.02. The number of rotatable bonds is 16. The van der Waals surface area contributed by atoms with E-state index in [4.69, 9.17) is 21.8 Å². The fraction of sp³-hybridized carbons (Fsp3) is 0.947. The van der Waals surface area contributed by atoms with Gasteiger partial charge in [-0.1, -0.05) is 19.8 Å². The molecule has 0 aromatic heterocycles. The molecule has 6 nitrogen and oxygen atoms in total. The first kappa shape index (κ1) is 29.2. The molecule has 0 aliphatic rings. The molecule has 10 heteroatoms. The lowest BCUT2D eigenvalue weighted by Crippen LogP contribution is -2.58. The van der Waals surface area contributed by atoms with Crippen molar-refractivity contribution in [3.63, 3.8) is 0 Å². The van der Waals surface area contributed by atoms with Crippen LogP contribution in [0.4, 0.5) is 0 Å². The number of hydrogen-bond donors (Lipinski definition) is 0. The van der Waals surface area contributed by atoms with Crippen LogP contribution in [0.25, 0.3) is 0 Å². The highest BCUT2D eigenvalue weighted by Crippen LogP contribution is 2.30. The van der Waals surface area contributed by atoms with E-state index in [9.17, 15) is 4.79 Å². The number of unbranched alkanes of at least 4 members (excludes halogenated alkanes) is 1. The van der Waals surface area contributed by atoms with E-state index in [1.807, 2.05) is 0 Å². The highest BCUT2D eigenvalue weighted by Gasteiger charge is 2.46. The van der Waals surface area contributed by atoms with Gasteiger partial charge in [-0.05, 0) is 70.9 Å². The molecule has 0 aliphatic heterocycles. The molecule has 0 rings (SSSR count). The normalized spacial score (nSPS) is 16.9. The first-order valence-corrected chi connectivity index (χ1v) is 22.8. The summed E-state index contributed by atoms with van der Waals surface area (Å²) in [6, 6.07) is 1.90. The van der Waals surface area contributed by atoms with E-state index in [0.717, 1.165) is 31.4 Å². The average molecular weight is 483 g/mol. The molecule has 2 atom stereocenters. The lowest BCUT2D eigenvalue weighted by molar-refractivity contribution is -0.142. The van der Waals surface area contributed by atoms with Gasteiger partial charge in [-0.15, -0.1) is 0 Å². The molecule has 0 bridgehead atoms. The first-order chi connectivity index (χ1) is 13.1. The van der Waals surface area contributed by atoms with Crippen LogP contribution in [0.15, 0.2) is 0 Å². The van der Waals surface area contributed by atoms with Crippen molar-refractivity contribution in [3.05, 3.63) is 0 Å². The van der Waals surface area contributed by atoms with Crippen LogP contribution < -0.4 is 0 Å². The zero-order valence-electron chi connectivity index (χ0n) is 20.6. The molecule has 0 aliphatic carbocycles. The van der Waals surface area contributed by atoms with Crippen LogP contribution in [-0.2, 0) is 26.6 Å². The van der Waals surface area contributed by atoms with Gasteiger partial charge in [0.05, 0.1) is 6.61 Å². The monoisotopic (exact) mass is 482 g/mol. The van der Waals surface area contributed by atoms with Gasteiger partial charge in [-0.2, -0.15) is 0 Å². The van der Waals surface area contributed by atoms with Gasteiger partial charge in [0.1, 0.15) is 6.61 Å². The summed E-state index contributed by atoms with van der Waals surface area (Å²) in [6.45, 7) is 22.8. The van der Waals surface area contributed by atoms with E-state index in [-0.39, 0.29) is 5.97 Å². The maximum atomic E-state index is 10.8. The molecule has 0 spiro atoms. The van der Waals surface area contributed by atoms with Crippen molar-refractivity contribution in [1.82, 2.24) is 0 Å². The van der Waals surface area contributed by atoms with Crippen molar-refractivity contribution in [2.45, 2.75) is 97.6 Å². The van der Waals surface area contributed by atoms with Crippen molar-refractivity contribution >= 4 is 39.7 Å². The quantitative estimate of drug-likeness (QED) is 0.162. The Hall–Kier alpha value is 0.178. The lowest BCUT2D eigenvalue weighted by Gasteiger charge is -2.43. The van der Waals surface area contributed by atoms with Crippen LogP contribution in [0.1, 0.15) is 33.1 Å². The SMILES string of the molecule is CCCC[Si](C)(O[Si](C)(C)C)O[Si](C)(CCCOCCOC(C)=O)O[Si](C)(C)C. The molecular weight excluding hydrogens is 437 g/mol. The van der Waals surface area contributed by atoms with Crippen molar-refractivity contribution in [2.75, 3.05) is 19.8 Å². The van der Waals surface area contributed by atoms with Crippen molar-refractivity contribution in [2.24, 2.45) is 0 Å². The molecule has 0 aromatic rings.